The van der Waals surface area contributed by atoms with E-state index in [1.807, 2.05) is 0 Å². The Kier molecular flexibility index (Phi) is 13.1. The fourth-order valence-electron chi connectivity index (χ4n) is 2.10. The lowest BCUT2D eigenvalue weighted by atomic mass is 10.1. The molecule has 0 bridgehead atoms. The van der Waals surface area contributed by atoms with Gasteiger partial charge in [0.05, 0.1) is 0 Å². The van der Waals surface area contributed by atoms with E-state index < -0.39 is 10.4 Å². The summed E-state index contributed by atoms with van der Waals surface area (Å²) in [6.45, 7) is 2.24. The van der Waals surface area contributed by atoms with Crippen LogP contribution in [0.15, 0.2) is 12.3 Å². The predicted molar refractivity (Wildman–Crippen MR) is 82.9 cm³/mol. The Morgan fingerprint density at radius 3 is 1.75 bits per heavy atom. The minimum Gasteiger partial charge on any atom is -0.370 e. The molecule has 0 spiro atoms. The highest BCUT2D eigenvalue weighted by molar-refractivity contribution is 7.81. The lowest BCUT2D eigenvalue weighted by molar-refractivity contribution is 0.355. The number of unbranched alkanes of at least 4 members (excludes halogenated alkanes) is 11. The van der Waals surface area contributed by atoms with Crippen molar-refractivity contribution < 1.29 is 17.2 Å². The largest absolute Gasteiger partial charge is 0.445 e. The first-order valence-corrected chi connectivity index (χ1v) is 9.23. The van der Waals surface area contributed by atoms with Gasteiger partial charge in [-0.25, -0.2) is 0 Å². The number of rotatable bonds is 14. The van der Waals surface area contributed by atoms with Gasteiger partial charge in [0.1, 0.15) is 6.26 Å². The zero-order chi connectivity index (χ0) is 15.1. The van der Waals surface area contributed by atoms with Gasteiger partial charge in [-0.15, -0.1) is 0 Å². The zero-order valence-corrected chi connectivity index (χ0v) is 13.5. The molecule has 0 aliphatic carbocycles. The third kappa shape index (κ3) is 17.4. The quantitative estimate of drug-likeness (QED) is 0.278. The van der Waals surface area contributed by atoms with Crippen LogP contribution in [0, 0.1) is 0 Å². The molecular formula is C15H30O4S. The maximum Gasteiger partial charge on any atom is 0.445 e. The standard InChI is InChI=1S/C15H30O4S/c1-2-3-4-5-6-7-8-9-10-11-12-13-14-15-19-20(16,17)18/h14-15H,2-13H2,1H3,(H,16,17,18)/b15-14+. The smallest absolute Gasteiger partial charge is 0.370 e. The number of allylic oxidation sites excluding steroid dienone is 1. The minimum absolute atomic E-state index is 0.784. The SMILES string of the molecule is CCCCCCCCCCCCC/C=C/OS(=O)(=O)O. The second kappa shape index (κ2) is 13.4. The first-order chi connectivity index (χ1) is 9.56. The van der Waals surface area contributed by atoms with Crippen LogP contribution in [0.3, 0.4) is 0 Å². The Morgan fingerprint density at radius 1 is 0.850 bits per heavy atom. The summed E-state index contributed by atoms with van der Waals surface area (Å²) < 4.78 is 32.8. The van der Waals surface area contributed by atoms with Crippen LogP contribution < -0.4 is 0 Å². The Balaban J connectivity index is 3.13. The van der Waals surface area contributed by atoms with E-state index in [4.69, 9.17) is 4.55 Å². The van der Waals surface area contributed by atoms with E-state index in [1.165, 1.54) is 57.8 Å². The Morgan fingerprint density at radius 2 is 1.30 bits per heavy atom. The molecule has 0 fully saturated rings. The molecule has 120 valence electrons. The van der Waals surface area contributed by atoms with Gasteiger partial charge in [-0.1, -0.05) is 71.1 Å². The average molecular weight is 306 g/mol. The van der Waals surface area contributed by atoms with E-state index in [0.717, 1.165) is 25.5 Å². The molecule has 0 atom stereocenters. The third-order valence-corrected chi connectivity index (χ3v) is 3.60. The fraction of sp³-hybridized carbons (Fsp3) is 0.867. The van der Waals surface area contributed by atoms with Crippen molar-refractivity contribution in [3.63, 3.8) is 0 Å². The summed E-state index contributed by atoms with van der Waals surface area (Å²) in [6.07, 6.45) is 17.7. The molecule has 4 nitrogen and oxygen atoms in total. The van der Waals surface area contributed by atoms with Gasteiger partial charge in [-0.05, 0) is 18.9 Å². The lowest BCUT2D eigenvalue weighted by Gasteiger charge is -2.01. The molecule has 0 aromatic heterocycles. The van der Waals surface area contributed by atoms with Crippen molar-refractivity contribution in [2.45, 2.75) is 84.0 Å². The molecule has 20 heavy (non-hydrogen) atoms. The molecule has 0 unspecified atom stereocenters. The highest BCUT2D eigenvalue weighted by atomic mass is 32.3. The Hall–Kier alpha value is -0.550. The van der Waals surface area contributed by atoms with E-state index in [1.54, 1.807) is 6.08 Å². The van der Waals surface area contributed by atoms with Gasteiger partial charge < -0.3 is 4.18 Å². The summed E-state index contributed by atoms with van der Waals surface area (Å²) in [6, 6.07) is 0. The van der Waals surface area contributed by atoms with Crippen molar-refractivity contribution >= 4 is 10.4 Å². The van der Waals surface area contributed by atoms with Crippen LogP contribution in [0.4, 0.5) is 0 Å². The van der Waals surface area contributed by atoms with E-state index in [-0.39, 0.29) is 0 Å². The summed E-state index contributed by atoms with van der Waals surface area (Å²) in [4.78, 5) is 0. The van der Waals surface area contributed by atoms with Crippen LogP contribution in [0.2, 0.25) is 0 Å². The van der Waals surface area contributed by atoms with Gasteiger partial charge in [0.25, 0.3) is 0 Å². The van der Waals surface area contributed by atoms with Gasteiger partial charge in [-0.2, -0.15) is 8.42 Å². The van der Waals surface area contributed by atoms with Crippen LogP contribution in [-0.2, 0) is 14.6 Å². The monoisotopic (exact) mass is 306 g/mol. The zero-order valence-electron chi connectivity index (χ0n) is 12.7. The van der Waals surface area contributed by atoms with Crippen LogP contribution in [0.25, 0.3) is 0 Å². The normalized spacial score (nSPS) is 12.1. The summed E-state index contributed by atoms with van der Waals surface area (Å²) in [5.74, 6) is 0. The molecule has 0 aliphatic rings. The highest BCUT2D eigenvalue weighted by Crippen LogP contribution is 2.12. The molecule has 0 rings (SSSR count). The first kappa shape index (κ1) is 19.4. The van der Waals surface area contributed by atoms with Crippen molar-refractivity contribution in [2.75, 3.05) is 0 Å². The van der Waals surface area contributed by atoms with Crippen molar-refractivity contribution in [3.8, 4) is 0 Å². The maximum absolute atomic E-state index is 10.2. The Bertz CT molecular complexity index is 323. The lowest BCUT2D eigenvalue weighted by Crippen LogP contribution is -1.96. The van der Waals surface area contributed by atoms with Gasteiger partial charge >= 0.3 is 10.4 Å². The van der Waals surface area contributed by atoms with Gasteiger partial charge in [0.2, 0.25) is 0 Å². The molecular weight excluding hydrogens is 276 g/mol. The Labute approximate surface area is 124 Å². The second-order valence-electron chi connectivity index (χ2n) is 5.22. The van der Waals surface area contributed by atoms with E-state index in [9.17, 15) is 8.42 Å². The summed E-state index contributed by atoms with van der Waals surface area (Å²) in [7, 11) is -4.33. The molecule has 0 aliphatic heterocycles. The van der Waals surface area contributed by atoms with Gasteiger partial charge in [0, 0.05) is 0 Å². The van der Waals surface area contributed by atoms with Gasteiger partial charge in [0.15, 0.2) is 0 Å². The summed E-state index contributed by atoms with van der Waals surface area (Å²) in [5, 5.41) is 0. The molecule has 0 radical (unpaired) electrons. The van der Waals surface area contributed by atoms with Crippen molar-refractivity contribution in [1.82, 2.24) is 0 Å². The molecule has 1 N–H and O–H groups in total. The van der Waals surface area contributed by atoms with Gasteiger partial charge in [-0.3, -0.25) is 4.55 Å². The van der Waals surface area contributed by atoms with E-state index >= 15 is 0 Å². The first-order valence-electron chi connectivity index (χ1n) is 7.87. The summed E-state index contributed by atoms with van der Waals surface area (Å²) >= 11 is 0. The minimum atomic E-state index is -4.33. The van der Waals surface area contributed by atoms with E-state index in [2.05, 4.69) is 11.1 Å². The topological polar surface area (TPSA) is 63.6 Å². The molecule has 0 heterocycles. The molecule has 5 heteroatoms. The molecule has 0 aromatic carbocycles. The van der Waals surface area contributed by atoms with Crippen LogP contribution >= 0.6 is 0 Å². The third-order valence-electron chi connectivity index (χ3n) is 3.25. The van der Waals surface area contributed by atoms with Crippen LogP contribution in [0.5, 0.6) is 0 Å². The van der Waals surface area contributed by atoms with Crippen molar-refractivity contribution in [2.24, 2.45) is 0 Å². The highest BCUT2D eigenvalue weighted by Gasteiger charge is 1.98. The molecule has 0 saturated heterocycles. The number of hydrogen-bond donors (Lipinski definition) is 1. The van der Waals surface area contributed by atoms with Crippen molar-refractivity contribution in [1.29, 1.82) is 0 Å². The van der Waals surface area contributed by atoms with Crippen LogP contribution in [0.1, 0.15) is 84.0 Å². The predicted octanol–water partition coefficient (Wildman–Crippen LogP) is 5.02. The fourth-order valence-corrected chi connectivity index (χ4v) is 2.32. The second-order valence-corrected chi connectivity index (χ2v) is 6.27. The number of hydrogen-bond acceptors (Lipinski definition) is 3. The molecule has 0 amide bonds. The average Bonchev–Trinajstić information content (AvgIpc) is 2.38. The van der Waals surface area contributed by atoms with Crippen molar-refractivity contribution in [3.05, 3.63) is 12.3 Å². The van der Waals surface area contributed by atoms with Crippen LogP contribution in [-0.4, -0.2) is 13.0 Å². The maximum atomic E-state index is 10.2. The molecule has 0 saturated carbocycles. The van der Waals surface area contributed by atoms with E-state index in [0.29, 0.717) is 0 Å². The molecule has 0 aromatic rings. The summed E-state index contributed by atoms with van der Waals surface area (Å²) in [5.41, 5.74) is 0.